The molecule has 1 N–H and O–H groups in total. The molecular weight excluding hydrogens is 222 g/mol. The summed E-state index contributed by atoms with van der Waals surface area (Å²) in [7, 11) is 0. The molecule has 0 atom stereocenters. The lowest BCUT2D eigenvalue weighted by atomic mass is 10.3. The maximum Gasteiger partial charge on any atom is 0.307 e. The van der Waals surface area contributed by atoms with E-state index in [-0.39, 0.29) is 30.8 Å². The molecule has 0 unspecified atom stereocenters. The van der Waals surface area contributed by atoms with Crippen molar-refractivity contribution in [2.24, 2.45) is 5.92 Å². The van der Waals surface area contributed by atoms with Crippen LogP contribution in [0, 0.1) is 5.92 Å². The predicted molar refractivity (Wildman–Crippen MR) is 62.3 cm³/mol. The molecule has 1 aliphatic rings. The Morgan fingerprint density at radius 2 is 2.06 bits per heavy atom. The molecule has 0 aromatic heterocycles. The van der Waals surface area contributed by atoms with Crippen LogP contribution < -0.4 is 0 Å². The van der Waals surface area contributed by atoms with E-state index >= 15 is 0 Å². The molecule has 1 saturated carbocycles. The Balaban J connectivity index is 2.34. The van der Waals surface area contributed by atoms with Crippen molar-refractivity contribution in [1.82, 2.24) is 4.90 Å². The third-order valence-electron chi connectivity index (χ3n) is 2.72. The number of carbonyl (C=O) groups is 2. The highest BCUT2D eigenvalue weighted by molar-refractivity contribution is 5.81. The van der Waals surface area contributed by atoms with Crippen LogP contribution in [-0.2, 0) is 14.3 Å². The summed E-state index contributed by atoms with van der Waals surface area (Å²) in [6, 6.07) is 0. The van der Waals surface area contributed by atoms with Gasteiger partial charge in [-0.15, -0.1) is 0 Å². The number of nitrogens with zero attached hydrogens (tertiary/aromatic N) is 1. The van der Waals surface area contributed by atoms with Crippen LogP contribution in [0.4, 0.5) is 0 Å². The highest BCUT2D eigenvalue weighted by Gasteiger charge is 2.33. The minimum Gasteiger partial charge on any atom is -0.466 e. The lowest BCUT2D eigenvalue weighted by molar-refractivity contribution is -0.144. The Kier molecular flexibility index (Phi) is 5.97. The van der Waals surface area contributed by atoms with Crippen molar-refractivity contribution >= 4 is 11.9 Å². The average Bonchev–Trinajstić information content (AvgIpc) is 3.12. The number of carbonyl (C=O) groups excluding carboxylic acids is 2. The lowest BCUT2D eigenvalue weighted by Crippen LogP contribution is -2.35. The van der Waals surface area contributed by atoms with Crippen LogP contribution in [0.15, 0.2) is 0 Å². The summed E-state index contributed by atoms with van der Waals surface area (Å²) in [6.07, 6.45) is 2.70. The standard InChI is InChI=1S/C12H21NO4/c1-2-17-11(15)6-8-13(7-3-9-14)12(16)10-4-5-10/h10,14H,2-9H2,1H3. The van der Waals surface area contributed by atoms with Gasteiger partial charge in [-0.3, -0.25) is 9.59 Å². The first-order valence-electron chi connectivity index (χ1n) is 6.24. The number of ether oxygens (including phenoxy) is 1. The van der Waals surface area contributed by atoms with Crippen LogP contribution >= 0.6 is 0 Å². The number of rotatable bonds is 8. The second-order valence-corrected chi connectivity index (χ2v) is 4.23. The molecule has 1 rings (SSSR count). The molecule has 0 aliphatic heterocycles. The molecular formula is C12H21NO4. The number of aliphatic hydroxyl groups is 1. The predicted octanol–water partition coefficient (Wildman–Crippen LogP) is 0.561. The first kappa shape index (κ1) is 14.0. The maximum atomic E-state index is 11.9. The molecule has 0 aromatic carbocycles. The van der Waals surface area contributed by atoms with Crippen molar-refractivity contribution in [2.75, 3.05) is 26.3 Å². The highest BCUT2D eigenvalue weighted by atomic mass is 16.5. The summed E-state index contributed by atoms with van der Waals surface area (Å²) in [5, 5.41) is 8.78. The van der Waals surface area contributed by atoms with Gasteiger partial charge in [-0.05, 0) is 26.2 Å². The zero-order valence-corrected chi connectivity index (χ0v) is 10.4. The summed E-state index contributed by atoms with van der Waals surface area (Å²) < 4.78 is 4.83. The largest absolute Gasteiger partial charge is 0.466 e. The van der Waals surface area contributed by atoms with E-state index in [4.69, 9.17) is 9.84 Å². The summed E-state index contributed by atoms with van der Waals surface area (Å²) >= 11 is 0. The fourth-order valence-electron chi connectivity index (χ4n) is 1.64. The Hall–Kier alpha value is -1.10. The monoisotopic (exact) mass is 243 g/mol. The fraction of sp³-hybridized carbons (Fsp3) is 0.833. The first-order valence-corrected chi connectivity index (χ1v) is 6.24. The quantitative estimate of drug-likeness (QED) is 0.633. The van der Waals surface area contributed by atoms with Gasteiger partial charge < -0.3 is 14.7 Å². The molecule has 0 saturated heterocycles. The topological polar surface area (TPSA) is 66.8 Å². The Labute approximate surface area is 102 Å². The van der Waals surface area contributed by atoms with Crippen LogP contribution in [0.3, 0.4) is 0 Å². The molecule has 0 spiro atoms. The van der Waals surface area contributed by atoms with Gasteiger partial charge >= 0.3 is 5.97 Å². The molecule has 98 valence electrons. The van der Waals surface area contributed by atoms with Gasteiger partial charge in [0.05, 0.1) is 13.0 Å². The van der Waals surface area contributed by atoms with E-state index in [9.17, 15) is 9.59 Å². The van der Waals surface area contributed by atoms with Crippen LogP contribution in [0.1, 0.15) is 32.6 Å². The van der Waals surface area contributed by atoms with Gasteiger partial charge in [-0.25, -0.2) is 0 Å². The third-order valence-corrected chi connectivity index (χ3v) is 2.72. The number of amides is 1. The van der Waals surface area contributed by atoms with Gasteiger partial charge in [-0.1, -0.05) is 0 Å². The lowest BCUT2D eigenvalue weighted by Gasteiger charge is -2.21. The molecule has 5 heteroatoms. The van der Waals surface area contributed by atoms with Gasteiger partial charge in [0.1, 0.15) is 0 Å². The van der Waals surface area contributed by atoms with Crippen molar-refractivity contribution in [1.29, 1.82) is 0 Å². The van der Waals surface area contributed by atoms with E-state index in [1.807, 2.05) is 0 Å². The van der Waals surface area contributed by atoms with E-state index in [2.05, 4.69) is 0 Å². The molecule has 1 aliphatic carbocycles. The smallest absolute Gasteiger partial charge is 0.307 e. The number of aliphatic hydroxyl groups excluding tert-OH is 1. The molecule has 17 heavy (non-hydrogen) atoms. The summed E-state index contributed by atoms with van der Waals surface area (Å²) in [4.78, 5) is 24.8. The van der Waals surface area contributed by atoms with E-state index in [1.54, 1.807) is 11.8 Å². The van der Waals surface area contributed by atoms with Crippen molar-refractivity contribution < 1.29 is 19.4 Å². The van der Waals surface area contributed by atoms with Gasteiger partial charge in [0.25, 0.3) is 0 Å². The number of hydrogen-bond donors (Lipinski definition) is 1. The van der Waals surface area contributed by atoms with Crippen molar-refractivity contribution in [3.05, 3.63) is 0 Å². The van der Waals surface area contributed by atoms with Gasteiger partial charge in [0.2, 0.25) is 5.91 Å². The Bertz CT molecular complexity index is 263. The van der Waals surface area contributed by atoms with E-state index in [1.165, 1.54) is 0 Å². The summed E-state index contributed by atoms with van der Waals surface area (Å²) in [5.74, 6) is -0.0104. The van der Waals surface area contributed by atoms with E-state index in [0.717, 1.165) is 12.8 Å². The van der Waals surface area contributed by atoms with Crippen LogP contribution in [0.2, 0.25) is 0 Å². The van der Waals surface area contributed by atoms with Crippen molar-refractivity contribution in [3.63, 3.8) is 0 Å². The normalized spacial score (nSPS) is 14.5. The second kappa shape index (κ2) is 7.27. The minimum atomic E-state index is -0.273. The molecule has 0 aromatic rings. The summed E-state index contributed by atoms with van der Waals surface area (Å²) in [6.45, 7) is 3.11. The van der Waals surface area contributed by atoms with E-state index < -0.39 is 0 Å². The van der Waals surface area contributed by atoms with Crippen LogP contribution in [0.25, 0.3) is 0 Å². The molecule has 1 fully saturated rings. The SMILES string of the molecule is CCOC(=O)CCN(CCCO)C(=O)C1CC1. The van der Waals surface area contributed by atoms with E-state index in [0.29, 0.717) is 26.1 Å². The molecule has 5 nitrogen and oxygen atoms in total. The summed E-state index contributed by atoms with van der Waals surface area (Å²) in [5.41, 5.74) is 0. The molecule has 1 amide bonds. The Morgan fingerprint density at radius 1 is 1.35 bits per heavy atom. The van der Waals surface area contributed by atoms with Crippen LogP contribution in [0.5, 0.6) is 0 Å². The van der Waals surface area contributed by atoms with Gasteiger partial charge in [0, 0.05) is 25.6 Å². The Morgan fingerprint density at radius 3 is 2.59 bits per heavy atom. The third kappa shape index (κ3) is 5.17. The van der Waals surface area contributed by atoms with Crippen molar-refractivity contribution in [2.45, 2.75) is 32.6 Å². The average molecular weight is 243 g/mol. The van der Waals surface area contributed by atoms with Gasteiger partial charge in [-0.2, -0.15) is 0 Å². The second-order valence-electron chi connectivity index (χ2n) is 4.23. The minimum absolute atomic E-state index is 0.0633. The highest BCUT2D eigenvalue weighted by Crippen LogP contribution is 2.31. The molecule has 0 radical (unpaired) electrons. The zero-order valence-electron chi connectivity index (χ0n) is 10.4. The maximum absolute atomic E-state index is 11.9. The van der Waals surface area contributed by atoms with Gasteiger partial charge in [0.15, 0.2) is 0 Å². The van der Waals surface area contributed by atoms with Crippen molar-refractivity contribution in [3.8, 4) is 0 Å². The fourth-order valence-corrected chi connectivity index (χ4v) is 1.64. The molecule has 0 heterocycles. The first-order chi connectivity index (χ1) is 8.19. The number of hydrogen-bond acceptors (Lipinski definition) is 4. The number of esters is 1. The molecule has 0 bridgehead atoms. The zero-order chi connectivity index (χ0) is 12.7. The van der Waals surface area contributed by atoms with Crippen LogP contribution in [-0.4, -0.2) is 48.2 Å².